The molecule has 1 amide bonds. The summed E-state index contributed by atoms with van der Waals surface area (Å²) in [5.74, 6) is 1.43. The Bertz CT molecular complexity index is 956. The van der Waals surface area contributed by atoms with Crippen LogP contribution in [0.15, 0.2) is 22.8 Å². The monoisotopic (exact) mass is 373 g/mol. The van der Waals surface area contributed by atoms with Crippen LogP contribution in [0.3, 0.4) is 0 Å². The molecular formula is C18H20ClN5O2. The van der Waals surface area contributed by atoms with E-state index in [9.17, 15) is 4.79 Å². The molecule has 2 aromatic heterocycles. The van der Waals surface area contributed by atoms with Crippen molar-refractivity contribution in [2.24, 2.45) is 0 Å². The third kappa shape index (κ3) is 3.14. The summed E-state index contributed by atoms with van der Waals surface area (Å²) < 4.78 is 5.59. The maximum atomic E-state index is 12.7. The van der Waals surface area contributed by atoms with Crippen molar-refractivity contribution >= 4 is 34.4 Å². The fraction of sp³-hybridized carbons (Fsp3) is 0.389. The fourth-order valence-corrected chi connectivity index (χ4v) is 3.65. The number of hydrogen-bond donors (Lipinski definition) is 2. The van der Waals surface area contributed by atoms with Gasteiger partial charge in [0, 0.05) is 35.0 Å². The Kier molecular flexibility index (Phi) is 4.32. The minimum Gasteiger partial charge on any atom is -0.464 e. The molecule has 3 heterocycles. The van der Waals surface area contributed by atoms with Gasteiger partial charge in [-0.1, -0.05) is 11.6 Å². The van der Waals surface area contributed by atoms with Crippen LogP contribution in [0, 0.1) is 6.92 Å². The molecule has 0 saturated carbocycles. The van der Waals surface area contributed by atoms with Gasteiger partial charge in [-0.05, 0) is 37.5 Å². The Balaban J connectivity index is 1.42. The van der Waals surface area contributed by atoms with Crippen molar-refractivity contribution in [2.75, 3.05) is 18.8 Å². The molecule has 0 bridgehead atoms. The SMILES string of the molecule is Cc1cc2occ(CC(=O)N3CCC(c4nc(N)n[nH]4)CC3)c2cc1Cl. The largest absolute Gasteiger partial charge is 0.464 e. The van der Waals surface area contributed by atoms with Gasteiger partial charge in [0.15, 0.2) is 0 Å². The molecule has 1 aromatic carbocycles. The second kappa shape index (κ2) is 6.64. The number of furan rings is 1. The molecule has 3 aromatic rings. The number of nitrogens with two attached hydrogens (primary N) is 1. The zero-order valence-electron chi connectivity index (χ0n) is 14.5. The van der Waals surface area contributed by atoms with E-state index in [1.807, 2.05) is 24.0 Å². The number of anilines is 1. The molecule has 136 valence electrons. The van der Waals surface area contributed by atoms with Crippen LogP contribution in [0.5, 0.6) is 0 Å². The van der Waals surface area contributed by atoms with E-state index in [-0.39, 0.29) is 17.8 Å². The van der Waals surface area contributed by atoms with Gasteiger partial charge in [-0.3, -0.25) is 9.89 Å². The van der Waals surface area contributed by atoms with E-state index < -0.39 is 0 Å². The number of rotatable bonds is 3. The first-order valence-electron chi connectivity index (χ1n) is 8.63. The summed E-state index contributed by atoms with van der Waals surface area (Å²) in [7, 11) is 0. The van der Waals surface area contributed by atoms with Gasteiger partial charge in [0.2, 0.25) is 11.9 Å². The predicted molar refractivity (Wildman–Crippen MR) is 99.0 cm³/mol. The maximum Gasteiger partial charge on any atom is 0.239 e. The summed E-state index contributed by atoms with van der Waals surface area (Å²) in [6.45, 7) is 3.32. The second-order valence-corrected chi connectivity index (χ2v) is 7.18. The van der Waals surface area contributed by atoms with E-state index in [0.717, 1.165) is 40.8 Å². The molecule has 4 rings (SSSR count). The molecule has 26 heavy (non-hydrogen) atoms. The van der Waals surface area contributed by atoms with Crippen molar-refractivity contribution in [3.05, 3.63) is 40.4 Å². The van der Waals surface area contributed by atoms with E-state index in [2.05, 4.69) is 15.2 Å². The zero-order chi connectivity index (χ0) is 18.3. The number of aromatic nitrogens is 3. The highest BCUT2D eigenvalue weighted by Crippen LogP contribution is 2.29. The van der Waals surface area contributed by atoms with Crippen molar-refractivity contribution < 1.29 is 9.21 Å². The molecule has 8 heteroatoms. The lowest BCUT2D eigenvalue weighted by molar-refractivity contribution is -0.131. The van der Waals surface area contributed by atoms with Crippen LogP contribution in [0.25, 0.3) is 11.0 Å². The molecule has 7 nitrogen and oxygen atoms in total. The molecule has 0 aliphatic carbocycles. The number of aromatic amines is 1. The molecule has 0 spiro atoms. The average Bonchev–Trinajstić information content (AvgIpc) is 3.22. The number of benzene rings is 1. The number of amides is 1. The number of fused-ring (bicyclic) bond motifs is 1. The molecular weight excluding hydrogens is 354 g/mol. The molecule has 1 fully saturated rings. The number of aryl methyl sites for hydroxylation is 1. The fourth-order valence-electron chi connectivity index (χ4n) is 3.49. The summed E-state index contributed by atoms with van der Waals surface area (Å²) in [4.78, 5) is 18.8. The summed E-state index contributed by atoms with van der Waals surface area (Å²) >= 11 is 6.22. The van der Waals surface area contributed by atoms with Gasteiger partial charge in [0.05, 0.1) is 12.7 Å². The van der Waals surface area contributed by atoms with Crippen LogP contribution in [0.2, 0.25) is 5.02 Å². The Labute approximate surface area is 155 Å². The standard InChI is InChI=1S/C18H20ClN5O2/c1-10-6-15-13(8-14(10)19)12(9-26-15)7-16(25)24-4-2-11(3-5-24)17-21-18(20)23-22-17/h6,8-9,11H,2-5,7H2,1H3,(H3,20,21,22,23). The first-order valence-corrected chi connectivity index (χ1v) is 9.01. The van der Waals surface area contributed by atoms with Crippen LogP contribution in [0.4, 0.5) is 5.95 Å². The summed E-state index contributed by atoms with van der Waals surface area (Å²) in [6, 6.07) is 3.78. The first kappa shape index (κ1) is 16.9. The number of nitrogen functional groups attached to an aromatic ring is 1. The average molecular weight is 374 g/mol. The van der Waals surface area contributed by atoms with Gasteiger partial charge in [-0.25, -0.2) is 0 Å². The van der Waals surface area contributed by atoms with E-state index in [1.165, 1.54) is 0 Å². The van der Waals surface area contributed by atoms with E-state index in [4.69, 9.17) is 21.8 Å². The predicted octanol–water partition coefficient (Wildman–Crippen LogP) is 3.04. The topological polar surface area (TPSA) is 101 Å². The number of carbonyl (C=O) groups is 1. The number of hydrogen-bond acceptors (Lipinski definition) is 5. The number of H-pyrrole nitrogens is 1. The number of nitrogens with zero attached hydrogens (tertiary/aromatic N) is 3. The summed E-state index contributed by atoms with van der Waals surface area (Å²) in [5.41, 5.74) is 8.16. The molecule has 3 N–H and O–H groups in total. The highest BCUT2D eigenvalue weighted by molar-refractivity contribution is 6.32. The number of carbonyl (C=O) groups excluding carboxylic acids is 1. The van der Waals surface area contributed by atoms with Crippen LogP contribution < -0.4 is 5.73 Å². The minimum atomic E-state index is 0.0972. The van der Waals surface area contributed by atoms with Crippen molar-refractivity contribution in [2.45, 2.75) is 32.1 Å². The van der Waals surface area contributed by atoms with Gasteiger partial charge < -0.3 is 15.1 Å². The molecule has 0 unspecified atom stereocenters. The molecule has 1 aliphatic heterocycles. The summed E-state index contributed by atoms with van der Waals surface area (Å²) in [5, 5.41) is 8.33. The van der Waals surface area contributed by atoms with E-state index in [0.29, 0.717) is 24.5 Å². The van der Waals surface area contributed by atoms with Crippen LogP contribution in [0.1, 0.15) is 35.7 Å². The second-order valence-electron chi connectivity index (χ2n) is 6.77. The van der Waals surface area contributed by atoms with Crippen molar-refractivity contribution in [1.29, 1.82) is 0 Å². The number of likely N-dealkylation sites (tertiary alicyclic amines) is 1. The lowest BCUT2D eigenvalue weighted by Crippen LogP contribution is -2.39. The van der Waals surface area contributed by atoms with Crippen molar-refractivity contribution in [1.82, 2.24) is 20.1 Å². The molecule has 0 atom stereocenters. The van der Waals surface area contributed by atoms with Crippen molar-refractivity contribution in [3.8, 4) is 0 Å². The Morgan fingerprint density at radius 3 is 2.88 bits per heavy atom. The molecule has 1 aliphatic rings. The molecule has 0 radical (unpaired) electrons. The van der Waals surface area contributed by atoms with E-state index in [1.54, 1.807) is 6.26 Å². The van der Waals surface area contributed by atoms with Crippen LogP contribution >= 0.6 is 11.6 Å². The Hall–Kier alpha value is -2.54. The zero-order valence-corrected chi connectivity index (χ0v) is 15.2. The van der Waals surface area contributed by atoms with Crippen LogP contribution in [-0.4, -0.2) is 39.1 Å². The van der Waals surface area contributed by atoms with Gasteiger partial charge >= 0.3 is 0 Å². The molecule has 1 saturated heterocycles. The lowest BCUT2D eigenvalue weighted by atomic mass is 9.95. The van der Waals surface area contributed by atoms with Gasteiger partial charge in [0.25, 0.3) is 0 Å². The van der Waals surface area contributed by atoms with Gasteiger partial charge in [0.1, 0.15) is 11.4 Å². The third-order valence-electron chi connectivity index (χ3n) is 5.03. The highest BCUT2D eigenvalue weighted by Gasteiger charge is 2.26. The smallest absolute Gasteiger partial charge is 0.239 e. The number of piperidine rings is 1. The Morgan fingerprint density at radius 1 is 1.42 bits per heavy atom. The lowest BCUT2D eigenvalue weighted by Gasteiger charge is -2.31. The van der Waals surface area contributed by atoms with Gasteiger partial charge in [-0.2, -0.15) is 4.98 Å². The quantitative estimate of drug-likeness (QED) is 0.734. The van der Waals surface area contributed by atoms with Gasteiger partial charge in [-0.15, -0.1) is 5.10 Å². The third-order valence-corrected chi connectivity index (χ3v) is 5.44. The minimum absolute atomic E-state index is 0.0972. The number of nitrogens with one attached hydrogen (secondary N) is 1. The van der Waals surface area contributed by atoms with Crippen LogP contribution in [-0.2, 0) is 11.2 Å². The summed E-state index contributed by atoms with van der Waals surface area (Å²) in [6.07, 6.45) is 3.66. The Morgan fingerprint density at radius 2 is 2.19 bits per heavy atom. The van der Waals surface area contributed by atoms with Crippen molar-refractivity contribution in [3.63, 3.8) is 0 Å². The first-order chi connectivity index (χ1) is 12.5. The maximum absolute atomic E-state index is 12.7. The highest BCUT2D eigenvalue weighted by atomic mass is 35.5. The van der Waals surface area contributed by atoms with E-state index >= 15 is 0 Å². The normalized spacial score (nSPS) is 15.7. The number of halogens is 1.